The van der Waals surface area contributed by atoms with Gasteiger partial charge in [0.2, 0.25) is 0 Å². The molecule has 0 radical (unpaired) electrons. The Hall–Kier alpha value is -2.16. The first kappa shape index (κ1) is 18.9. The fourth-order valence-corrected chi connectivity index (χ4v) is 2.14. The Bertz CT molecular complexity index is 431. The van der Waals surface area contributed by atoms with E-state index in [0.717, 1.165) is 0 Å². The number of ether oxygens (including phenoxy) is 5. The lowest BCUT2D eigenvalue weighted by Crippen LogP contribution is -2.42. The third-order valence-electron chi connectivity index (χ3n) is 2.91. The molecule has 1 aliphatic rings. The highest BCUT2D eigenvalue weighted by Gasteiger charge is 2.49. The molecule has 0 aromatic rings. The Morgan fingerprint density at radius 2 is 1.04 bits per heavy atom. The second-order valence-electron chi connectivity index (χ2n) is 4.97. The summed E-state index contributed by atoms with van der Waals surface area (Å²) in [5.74, 6) is -2.31. The van der Waals surface area contributed by atoms with Crippen molar-refractivity contribution < 1.29 is 42.9 Å². The summed E-state index contributed by atoms with van der Waals surface area (Å²) >= 11 is 0. The van der Waals surface area contributed by atoms with Gasteiger partial charge in [0, 0.05) is 27.7 Å². The zero-order chi connectivity index (χ0) is 17.6. The van der Waals surface area contributed by atoms with Crippen molar-refractivity contribution in [1.29, 1.82) is 0 Å². The zero-order valence-corrected chi connectivity index (χ0v) is 13.4. The minimum absolute atomic E-state index is 0.193. The standard InChI is InChI=1S/C14H20O9/c1-7(15)19-5-11-13(21-9(3)17)14(22-10(4)18)12(23-11)6-20-8(2)16/h11-14H,5-6H2,1-4H3/t11-,12+,13?,14?. The molecule has 1 aliphatic heterocycles. The minimum Gasteiger partial charge on any atom is -0.463 e. The van der Waals surface area contributed by atoms with E-state index in [2.05, 4.69) is 0 Å². The van der Waals surface area contributed by atoms with Crippen molar-refractivity contribution >= 4 is 23.9 Å². The highest BCUT2D eigenvalue weighted by molar-refractivity contribution is 5.68. The van der Waals surface area contributed by atoms with Crippen molar-refractivity contribution in [3.05, 3.63) is 0 Å². The molecule has 0 amide bonds. The number of hydrogen-bond donors (Lipinski definition) is 0. The average Bonchev–Trinajstić information content (AvgIpc) is 2.71. The van der Waals surface area contributed by atoms with Crippen LogP contribution in [0.25, 0.3) is 0 Å². The summed E-state index contributed by atoms with van der Waals surface area (Å²) in [6.07, 6.45) is -3.63. The highest BCUT2D eigenvalue weighted by atomic mass is 16.7. The molecule has 1 heterocycles. The van der Waals surface area contributed by atoms with Gasteiger partial charge in [0.25, 0.3) is 0 Å². The first-order chi connectivity index (χ1) is 10.7. The maximum atomic E-state index is 11.3. The summed E-state index contributed by atoms with van der Waals surface area (Å²) in [6, 6.07) is 0. The minimum atomic E-state index is -0.976. The molecule has 0 saturated carbocycles. The second kappa shape index (κ2) is 8.47. The van der Waals surface area contributed by atoms with Crippen LogP contribution >= 0.6 is 0 Å². The van der Waals surface area contributed by atoms with E-state index in [1.54, 1.807) is 0 Å². The molecule has 0 N–H and O–H groups in total. The number of esters is 4. The summed E-state index contributed by atoms with van der Waals surface area (Å²) in [6.45, 7) is 4.43. The van der Waals surface area contributed by atoms with E-state index in [9.17, 15) is 19.2 Å². The Kier molecular flexibility index (Phi) is 6.95. The van der Waals surface area contributed by atoms with E-state index in [-0.39, 0.29) is 13.2 Å². The lowest BCUT2D eigenvalue weighted by atomic mass is 10.1. The zero-order valence-electron chi connectivity index (χ0n) is 13.4. The van der Waals surface area contributed by atoms with Crippen LogP contribution in [-0.4, -0.2) is 61.5 Å². The summed E-state index contributed by atoms with van der Waals surface area (Å²) in [4.78, 5) is 44.4. The normalized spacial score (nSPS) is 26.3. The fraction of sp³-hybridized carbons (Fsp3) is 0.714. The lowest BCUT2D eigenvalue weighted by molar-refractivity contribution is -0.166. The van der Waals surface area contributed by atoms with Crippen LogP contribution in [0, 0.1) is 0 Å². The number of carbonyl (C=O) groups excluding carboxylic acids is 4. The van der Waals surface area contributed by atoms with Gasteiger partial charge in [0.15, 0.2) is 12.2 Å². The first-order valence-electron chi connectivity index (χ1n) is 6.97. The summed E-state index contributed by atoms with van der Waals surface area (Å²) in [5.41, 5.74) is 0. The van der Waals surface area contributed by atoms with Gasteiger partial charge in [-0.3, -0.25) is 19.2 Å². The Morgan fingerprint density at radius 1 is 0.696 bits per heavy atom. The van der Waals surface area contributed by atoms with E-state index in [1.807, 2.05) is 0 Å². The van der Waals surface area contributed by atoms with E-state index in [1.165, 1.54) is 27.7 Å². The maximum Gasteiger partial charge on any atom is 0.303 e. The van der Waals surface area contributed by atoms with Gasteiger partial charge in [-0.2, -0.15) is 0 Å². The molecule has 1 saturated heterocycles. The van der Waals surface area contributed by atoms with E-state index >= 15 is 0 Å². The molecule has 1 rings (SSSR count). The molecular formula is C14H20O9. The monoisotopic (exact) mass is 332 g/mol. The van der Waals surface area contributed by atoms with Gasteiger partial charge in [-0.05, 0) is 0 Å². The predicted octanol–water partition coefficient (Wildman–Crippen LogP) is -0.257. The van der Waals surface area contributed by atoms with Gasteiger partial charge in [0.05, 0.1) is 0 Å². The van der Waals surface area contributed by atoms with Gasteiger partial charge in [0.1, 0.15) is 25.4 Å². The molecule has 9 heteroatoms. The number of hydrogen-bond acceptors (Lipinski definition) is 9. The fourth-order valence-electron chi connectivity index (χ4n) is 2.14. The van der Waals surface area contributed by atoms with Crippen molar-refractivity contribution in [3.8, 4) is 0 Å². The highest BCUT2D eigenvalue weighted by Crippen LogP contribution is 2.28. The Morgan fingerprint density at radius 3 is 1.30 bits per heavy atom. The quantitative estimate of drug-likeness (QED) is 0.479. The van der Waals surface area contributed by atoms with Gasteiger partial charge >= 0.3 is 23.9 Å². The van der Waals surface area contributed by atoms with Crippen LogP contribution in [0.15, 0.2) is 0 Å². The number of rotatable bonds is 6. The van der Waals surface area contributed by atoms with Crippen molar-refractivity contribution in [1.82, 2.24) is 0 Å². The van der Waals surface area contributed by atoms with Crippen LogP contribution in [0.1, 0.15) is 27.7 Å². The van der Waals surface area contributed by atoms with E-state index in [4.69, 9.17) is 23.7 Å². The molecular weight excluding hydrogens is 312 g/mol. The average molecular weight is 332 g/mol. The largest absolute Gasteiger partial charge is 0.463 e. The molecule has 0 aliphatic carbocycles. The molecule has 130 valence electrons. The van der Waals surface area contributed by atoms with E-state index in [0.29, 0.717) is 0 Å². The van der Waals surface area contributed by atoms with Crippen LogP contribution in [0.4, 0.5) is 0 Å². The summed E-state index contributed by atoms with van der Waals surface area (Å²) in [5, 5.41) is 0. The third kappa shape index (κ3) is 6.23. The van der Waals surface area contributed by atoms with E-state index < -0.39 is 48.3 Å². The third-order valence-corrected chi connectivity index (χ3v) is 2.91. The molecule has 9 nitrogen and oxygen atoms in total. The molecule has 23 heavy (non-hydrogen) atoms. The molecule has 1 fully saturated rings. The lowest BCUT2D eigenvalue weighted by Gasteiger charge is -2.23. The van der Waals surface area contributed by atoms with Crippen LogP contribution in [0.3, 0.4) is 0 Å². The van der Waals surface area contributed by atoms with Gasteiger partial charge in [-0.1, -0.05) is 0 Å². The second-order valence-corrected chi connectivity index (χ2v) is 4.97. The predicted molar refractivity (Wildman–Crippen MR) is 73.0 cm³/mol. The van der Waals surface area contributed by atoms with Crippen molar-refractivity contribution in [3.63, 3.8) is 0 Å². The molecule has 0 aromatic carbocycles. The Labute approximate surface area is 133 Å². The van der Waals surface area contributed by atoms with Gasteiger partial charge < -0.3 is 23.7 Å². The van der Waals surface area contributed by atoms with Gasteiger partial charge in [-0.25, -0.2) is 0 Å². The smallest absolute Gasteiger partial charge is 0.303 e. The van der Waals surface area contributed by atoms with Crippen LogP contribution in [-0.2, 0) is 42.9 Å². The van der Waals surface area contributed by atoms with Crippen LogP contribution in [0.2, 0.25) is 0 Å². The SMILES string of the molecule is CC(=O)OC[C@@H]1O[C@H](COC(C)=O)C(OC(C)=O)C1OC(C)=O. The number of carbonyl (C=O) groups is 4. The molecule has 4 atom stereocenters. The molecule has 0 bridgehead atoms. The summed E-state index contributed by atoms with van der Waals surface area (Å²) < 4.78 is 25.6. The van der Waals surface area contributed by atoms with Crippen LogP contribution in [0.5, 0.6) is 0 Å². The summed E-state index contributed by atoms with van der Waals surface area (Å²) in [7, 11) is 0. The molecule has 0 aromatic heterocycles. The Balaban J connectivity index is 2.91. The molecule has 2 unspecified atom stereocenters. The van der Waals surface area contributed by atoms with Crippen LogP contribution < -0.4 is 0 Å². The first-order valence-corrected chi connectivity index (χ1v) is 6.97. The maximum absolute atomic E-state index is 11.3. The van der Waals surface area contributed by atoms with Crippen molar-refractivity contribution in [2.75, 3.05) is 13.2 Å². The van der Waals surface area contributed by atoms with Gasteiger partial charge in [-0.15, -0.1) is 0 Å². The topological polar surface area (TPSA) is 114 Å². The molecule has 0 spiro atoms. The van der Waals surface area contributed by atoms with Crippen molar-refractivity contribution in [2.45, 2.75) is 52.1 Å². The van der Waals surface area contributed by atoms with Crippen molar-refractivity contribution in [2.24, 2.45) is 0 Å².